The SMILES string of the molecule is CC(C)c1ccc([C@@H]2c3[nH]c4ccccc4c3C[C@H]3C(=O)N(CCC[NH+]4CCOCC4)CC(=O)N23)cc1. The van der Waals surface area contributed by atoms with E-state index in [0.717, 1.165) is 67.0 Å². The number of hydrogen-bond donors (Lipinski definition) is 2. The molecule has 2 amide bonds. The number of nitrogens with one attached hydrogen (secondary N) is 2. The Hall–Kier alpha value is -3.16. The Morgan fingerprint density at radius 1 is 1.05 bits per heavy atom. The highest BCUT2D eigenvalue weighted by molar-refractivity contribution is 5.97. The minimum Gasteiger partial charge on any atom is -0.370 e. The van der Waals surface area contributed by atoms with Crippen molar-refractivity contribution >= 4 is 22.7 Å². The number of amides is 2. The normalized spacial score (nSPS) is 22.6. The van der Waals surface area contributed by atoms with Gasteiger partial charge in [0.05, 0.1) is 32.3 Å². The molecule has 0 saturated carbocycles. The second-order valence-corrected chi connectivity index (χ2v) is 11.0. The van der Waals surface area contributed by atoms with Gasteiger partial charge in [0.25, 0.3) is 0 Å². The van der Waals surface area contributed by atoms with Crippen molar-refractivity contribution in [3.8, 4) is 0 Å². The van der Waals surface area contributed by atoms with Gasteiger partial charge in [-0.05, 0) is 28.7 Å². The second-order valence-electron chi connectivity index (χ2n) is 11.0. The van der Waals surface area contributed by atoms with Crippen LogP contribution >= 0.6 is 0 Å². The average molecular weight is 502 g/mol. The summed E-state index contributed by atoms with van der Waals surface area (Å²) in [5.41, 5.74) is 5.58. The van der Waals surface area contributed by atoms with Gasteiger partial charge >= 0.3 is 0 Å². The predicted octanol–water partition coefficient (Wildman–Crippen LogP) is 2.28. The van der Waals surface area contributed by atoms with Gasteiger partial charge in [-0.15, -0.1) is 0 Å². The lowest BCUT2D eigenvalue weighted by Crippen LogP contribution is -3.14. The summed E-state index contributed by atoms with van der Waals surface area (Å²) in [6.45, 7) is 9.81. The van der Waals surface area contributed by atoms with E-state index in [9.17, 15) is 9.59 Å². The van der Waals surface area contributed by atoms with Crippen molar-refractivity contribution in [1.82, 2.24) is 14.8 Å². The lowest BCUT2D eigenvalue weighted by Gasteiger charge is -2.47. The monoisotopic (exact) mass is 501 g/mol. The summed E-state index contributed by atoms with van der Waals surface area (Å²) in [6, 6.07) is 16.1. The van der Waals surface area contributed by atoms with Gasteiger partial charge in [-0.2, -0.15) is 0 Å². The van der Waals surface area contributed by atoms with Gasteiger partial charge in [0.15, 0.2) is 0 Å². The van der Waals surface area contributed by atoms with E-state index < -0.39 is 6.04 Å². The maximum atomic E-state index is 13.9. The number of rotatable bonds is 6. The lowest BCUT2D eigenvalue weighted by molar-refractivity contribution is -0.908. The minimum absolute atomic E-state index is 0.0329. The molecule has 3 aliphatic heterocycles. The highest BCUT2D eigenvalue weighted by atomic mass is 16.5. The van der Waals surface area contributed by atoms with Gasteiger partial charge in [-0.3, -0.25) is 9.59 Å². The first-order valence-corrected chi connectivity index (χ1v) is 13.7. The van der Waals surface area contributed by atoms with Gasteiger partial charge in [-0.1, -0.05) is 56.3 Å². The first-order valence-electron chi connectivity index (χ1n) is 13.7. The molecule has 0 unspecified atom stereocenters. The standard InChI is InChI=1S/C30H36N4O3/c1-20(2)21-8-10-22(11-9-21)29-28-24(23-6-3-4-7-25(23)31-28)18-26-30(36)33(19-27(35)34(26)29)13-5-12-32-14-16-37-17-15-32/h3-4,6-11,20,26,29,31H,5,12-19H2,1-2H3/p+1/t26-,29+/m0/s1. The molecule has 0 aliphatic carbocycles. The van der Waals surface area contributed by atoms with Crippen LogP contribution in [0.15, 0.2) is 48.5 Å². The first-order chi connectivity index (χ1) is 18.0. The van der Waals surface area contributed by atoms with Crippen LogP contribution < -0.4 is 4.90 Å². The number of carbonyl (C=O) groups is 2. The number of benzene rings is 2. The second kappa shape index (κ2) is 9.95. The van der Waals surface area contributed by atoms with Crippen molar-refractivity contribution in [2.24, 2.45) is 0 Å². The molecule has 1 aromatic heterocycles. The van der Waals surface area contributed by atoms with Crippen LogP contribution in [0.25, 0.3) is 10.9 Å². The van der Waals surface area contributed by atoms with Crippen molar-refractivity contribution < 1.29 is 19.2 Å². The third-order valence-corrected chi connectivity index (χ3v) is 8.42. The number of fused-ring (bicyclic) bond motifs is 4. The molecule has 2 aromatic carbocycles. The Kier molecular flexibility index (Phi) is 6.51. The van der Waals surface area contributed by atoms with Crippen LogP contribution in [0.5, 0.6) is 0 Å². The van der Waals surface area contributed by atoms with Gasteiger partial charge in [0.1, 0.15) is 19.1 Å². The summed E-state index contributed by atoms with van der Waals surface area (Å²) in [4.78, 5) is 36.4. The number of hydrogen-bond acceptors (Lipinski definition) is 3. The smallest absolute Gasteiger partial charge is 0.246 e. The molecule has 2 fully saturated rings. The largest absolute Gasteiger partial charge is 0.370 e. The Balaban J connectivity index is 1.31. The van der Waals surface area contributed by atoms with E-state index in [-0.39, 0.29) is 24.4 Å². The van der Waals surface area contributed by atoms with Crippen LogP contribution in [0, 0.1) is 0 Å². The zero-order valence-corrected chi connectivity index (χ0v) is 21.8. The fourth-order valence-electron chi connectivity index (χ4n) is 6.35. The fraction of sp³-hybridized carbons (Fsp3) is 0.467. The molecule has 3 aromatic rings. The number of ether oxygens (including phenoxy) is 1. The lowest BCUT2D eigenvalue weighted by atomic mass is 9.85. The van der Waals surface area contributed by atoms with Gasteiger partial charge < -0.3 is 24.4 Å². The number of para-hydroxylation sites is 1. The summed E-state index contributed by atoms with van der Waals surface area (Å²) < 4.78 is 5.47. The van der Waals surface area contributed by atoms with E-state index in [0.29, 0.717) is 18.9 Å². The molecule has 2 atom stereocenters. The number of aromatic amines is 1. The molecule has 7 nitrogen and oxygen atoms in total. The third kappa shape index (κ3) is 4.44. The predicted molar refractivity (Wildman–Crippen MR) is 143 cm³/mol. The summed E-state index contributed by atoms with van der Waals surface area (Å²) in [6.07, 6.45) is 1.45. The summed E-state index contributed by atoms with van der Waals surface area (Å²) in [7, 11) is 0. The van der Waals surface area contributed by atoms with E-state index >= 15 is 0 Å². The maximum Gasteiger partial charge on any atom is 0.246 e. The molecule has 2 N–H and O–H groups in total. The molecule has 0 radical (unpaired) electrons. The molecule has 0 bridgehead atoms. The Morgan fingerprint density at radius 2 is 1.81 bits per heavy atom. The third-order valence-electron chi connectivity index (χ3n) is 8.42. The van der Waals surface area contributed by atoms with E-state index in [4.69, 9.17) is 4.74 Å². The van der Waals surface area contributed by atoms with Crippen LogP contribution in [0.2, 0.25) is 0 Å². The molecule has 7 heteroatoms. The molecule has 4 heterocycles. The molecule has 2 saturated heterocycles. The van der Waals surface area contributed by atoms with E-state index in [2.05, 4.69) is 55.2 Å². The van der Waals surface area contributed by atoms with Crippen LogP contribution in [0.3, 0.4) is 0 Å². The maximum absolute atomic E-state index is 13.9. The van der Waals surface area contributed by atoms with Crippen molar-refractivity contribution in [2.45, 2.75) is 44.7 Å². The number of piperazine rings is 1. The minimum atomic E-state index is -0.474. The summed E-state index contributed by atoms with van der Waals surface area (Å²) in [5.74, 6) is 0.546. The number of quaternary nitrogens is 1. The van der Waals surface area contributed by atoms with E-state index in [1.165, 1.54) is 10.5 Å². The fourth-order valence-corrected chi connectivity index (χ4v) is 6.35. The molecule has 0 spiro atoms. The van der Waals surface area contributed by atoms with Crippen LogP contribution in [-0.2, 0) is 20.7 Å². The van der Waals surface area contributed by atoms with Gasteiger partial charge in [0, 0.05) is 36.0 Å². The quantitative estimate of drug-likeness (QED) is 0.545. The number of carbonyl (C=O) groups excluding carboxylic acids is 2. The number of morpholine rings is 1. The van der Waals surface area contributed by atoms with E-state index in [1.807, 2.05) is 21.9 Å². The molecular weight excluding hydrogens is 464 g/mol. The highest BCUT2D eigenvalue weighted by Crippen LogP contribution is 2.42. The molecule has 6 rings (SSSR count). The molecule has 194 valence electrons. The van der Waals surface area contributed by atoms with Gasteiger partial charge in [-0.25, -0.2) is 0 Å². The van der Waals surface area contributed by atoms with Crippen LogP contribution in [-0.4, -0.2) is 78.6 Å². The summed E-state index contributed by atoms with van der Waals surface area (Å²) >= 11 is 0. The highest BCUT2D eigenvalue weighted by Gasteiger charge is 2.48. The van der Waals surface area contributed by atoms with Crippen molar-refractivity contribution in [3.63, 3.8) is 0 Å². The number of aromatic nitrogens is 1. The zero-order chi connectivity index (χ0) is 25.5. The van der Waals surface area contributed by atoms with Crippen LogP contribution in [0.1, 0.15) is 54.6 Å². The van der Waals surface area contributed by atoms with E-state index in [1.54, 1.807) is 0 Å². The number of nitrogens with zero attached hydrogens (tertiary/aromatic N) is 2. The van der Waals surface area contributed by atoms with Crippen LogP contribution in [0.4, 0.5) is 0 Å². The van der Waals surface area contributed by atoms with Crippen molar-refractivity contribution in [1.29, 1.82) is 0 Å². The van der Waals surface area contributed by atoms with Crippen molar-refractivity contribution in [2.75, 3.05) is 45.9 Å². The van der Waals surface area contributed by atoms with Gasteiger partial charge in [0.2, 0.25) is 11.8 Å². The number of H-pyrrole nitrogens is 1. The first kappa shape index (κ1) is 24.2. The molecule has 37 heavy (non-hydrogen) atoms. The Morgan fingerprint density at radius 3 is 2.57 bits per heavy atom. The molecule has 3 aliphatic rings. The Bertz CT molecular complexity index is 1290. The molecular formula is C30H37N4O3+. The zero-order valence-electron chi connectivity index (χ0n) is 21.8. The topological polar surface area (TPSA) is 70.1 Å². The Labute approximate surface area is 218 Å². The summed E-state index contributed by atoms with van der Waals surface area (Å²) in [5, 5.41) is 1.15. The van der Waals surface area contributed by atoms with Crippen molar-refractivity contribution in [3.05, 3.63) is 70.9 Å². The average Bonchev–Trinajstić information content (AvgIpc) is 3.29.